The molecular formula is C21H22ClN6. The van der Waals surface area contributed by atoms with Crippen LogP contribution in [0.25, 0.3) is 0 Å². The predicted octanol–water partition coefficient (Wildman–Crippen LogP) is 4.17. The van der Waals surface area contributed by atoms with Crippen molar-refractivity contribution in [3.8, 4) is 0 Å². The van der Waals surface area contributed by atoms with E-state index in [4.69, 9.17) is 11.6 Å². The third kappa shape index (κ3) is 4.52. The molecule has 143 valence electrons. The minimum Gasteiger partial charge on any atom is -0.369 e. The maximum Gasteiger partial charge on any atom is 0.229 e. The van der Waals surface area contributed by atoms with E-state index < -0.39 is 0 Å². The third-order valence-corrected chi connectivity index (χ3v) is 4.97. The van der Waals surface area contributed by atoms with Gasteiger partial charge in [-0.15, -0.1) is 0 Å². The topological polar surface area (TPSA) is 56.3 Å². The van der Waals surface area contributed by atoms with Crippen LogP contribution >= 0.6 is 11.6 Å². The highest BCUT2D eigenvalue weighted by Crippen LogP contribution is 2.25. The molecule has 0 saturated carbocycles. The van der Waals surface area contributed by atoms with Gasteiger partial charge in [0, 0.05) is 49.3 Å². The molecule has 2 heterocycles. The Morgan fingerprint density at radius 3 is 2.50 bits per heavy atom. The standard InChI is InChI=1S/C21H22ClN6/c1-27-11-13-28(14-12-27)18-9-7-17(8-10-18)25-21-23-15-19(22)20(26-21)24-16-5-3-2-4-6-16/h2-5,7-10,15H,11-14H2,1H3,(H2,23,24,25,26). The molecule has 1 aliphatic heterocycles. The lowest BCUT2D eigenvalue weighted by Gasteiger charge is -2.34. The normalized spacial score (nSPS) is 14.7. The van der Waals surface area contributed by atoms with Gasteiger partial charge >= 0.3 is 0 Å². The highest BCUT2D eigenvalue weighted by Gasteiger charge is 2.14. The maximum atomic E-state index is 6.23. The highest BCUT2D eigenvalue weighted by molar-refractivity contribution is 6.32. The van der Waals surface area contributed by atoms with Gasteiger partial charge in [0.1, 0.15) is 5.02 Å². The van der Waals surface area contributed by atoms with Crippen molar-refractivity contribution >= 4 is 40.4 Å². The molecule has 1 radical (unpaired) electrons. The second kappa shape index (κ2) is 8.46. The second-order valence-corrected chi connectivity index (χ2v) is 7.16. The fourth-order valence-corrected chi connectivity index (χ4v) is 3.20. The van der Waals surface area contributed by atoms with Crippen LogP contribution in [-0.4, -0.2) is 48.1 Å². The monoisotopic (exact) mass is 393 g/mol. The highest BCUT2D eigenvalue weighted by atomic mass is 35.5. The van der Waals surface area contributed by atoms with Crippen LogP contribution in [-0.2, 0) is 0 Å². The molecule has 2 aromatic carbocycles. The number of rotatable bonds is 5. The van der Waals surface area contributed by atoms with Crippen molar-refractivity contribution in [1.29, 1.82) is 0 Å². The summed E-state index contributed by atoms with van der Waals surface area (Å²) in [5, 5.41) is 6.85. The Balaban J connectivity index is 1.44. The molecule has 1 aliphatic rings. The number of likely N-dealkylation sites (N-methyl/N-ethyl adjacent to an activating group) is 1. The molecule has 0 bridgehead atoms. The largest absolute Gasteiger partial charge is 0.369 e. The summed E-state index contributed by atoms with van der Waals surface area (Å²) in [5.41, 5.74) is 2.96. The smallest absolute Gasteiger partial charge is 0.229 e. The Morgan fingerprint density at radius 1 is 1.00 bits per heavy atom. The van der Waals surface area contributed by atoms with Crippen molar-refractivity contribution in [1.82, 2.24) is 14.9 Å². The Hall–Kier alpha value is -2.83. The van der Waals surface area contributed by atoms with Crippen LogP contribution in [0.4, 0.5) is 28.8 Å². The van der Waals surface area contributed by atoms with E-state index in [-0.39, 0.29) is 0 Å². The number of anilines is 5. The first-order valence-corrected chi connectivity index (χ1v) is 9.62. The summed E-state index contributed by atoms with van der Waals surface area (Å²) in [4.78, 5) is 13.5. The molecule has 0 spiro atoms. The summed E-state index contributed by atoms with van der Waals surface area (Å²) >= 11 is 6.23. The van der Waals surface area contributed by atoms with Crippen LogP contribution in [0, 0.1) is 6.07 Å². The summed E-state index contributed by atoms with van der Waals surface area (Å²) in [6, 6.07) is 19.0. The van der Waals surface area contributed by atoms with Crippen molar-refractivity contribution in [2.24, 2.45) is 0 Å². The van der Waals surface area contributed by atoms with Gasteiger partial charge in [-0.3, -0.25) is 0 Å². The Bertz CT molecular complexity index is 908. The first kappa shape index (κ1) is 18.5. The molecule has 7 heteroatoms. The lowest BCUT2D eigenvalue weighted by molar-refractivity contribution is 0.313. The van der Waals surface area contributed by atoms with E-state index in [1.165, 1.54) is 5.69 Å². The molecule has 6 nitrogen and oxygen atoms in total. The SMILES string of the molecule is CN1CCN(c2ccc(Nc3ncc(Cl)c(Nc4[c]cccc4)n3)cc2)CC1. The van der Waals surface area contributed by atoms with E-state index >= 15 is 0 Å². The summed E-state index contributed by atoms with van der Waals surface area (Å²) in [6.07, 6.45) is 1.58. The van der Waals surface area contributed by atoms with Gasteiger partial charge in [-0.05, 0) is 37.4 Å². The first-order valence-electron chi connectivity index (χ1n) is 9.24. The van der Waals surface area contributed by atoms with E-state index in [2.05, 4.69) is 55.6 Å². The molecule has 0 unspecified atom stereocenters. The number of nitrogens with one attached hydrogen (secondary N) is 2. The number of aromatic nitrogens is 2. The molecule has 4 rings (SSSR count). The molecular weight excluding hydrogens is 372 g/mol. The number of nitrogens with zero attached hydrogens (tertiary/aromatic N) is 4. The van der Waals surface area contributed by atoms with E-state index in [1.807, 2.05) is 36.4 Å². The van der Waals surface area contributed by atoms with Crippen LogP contribution in [0.2, 0.25) is 5.02 Å². The van der Waals surface area contributed by atoms with Crippen molar-refractivity contribution < 1.29 is 0 Å². The van der Waals surface area contributed by atoms with Gasteiger partial charge in [0.15, 0.2) is 5.82 Å². The number of para-hydroxylation sites is 1. The van der Waals surface area contributed by atoms with Gasteiger partial charge in [0.05, 0.1) is 6.20 Å². The summed E-state index contributed by atoms with van der Waals surface area (Å²) in [6.45, 7) is 4.28. The van der Waals surface area contributed by atoms with Crippen LogP contribution in [0.15, 0.2) is 54.7 Å². The zero-order valence-electron chi connectivity index (χ0n) is 15.7. The van der Waals surface area contributed by atoms with Crippen LogP contribution in [0.3, 0.4) is 0 Å². The van der Waals surface area contributed by atoms with Crippen LogP contribution in [0.5, 0.6) is 0 Å². The van der Waals surface area contributed by atoms with Crippen molar-refractivity contribution in [3.63, 3.8) is 0 Å². The fourth-order valence-electron chi connectivity index (χ4n) is 3.06. The van der Waals surface area contributed by atoms with E-state index in [9.17, 15) is 0 Å². The van der Waals surface area contributed by atoms with Gasteiger partial charge in [0.2, 0.25) is 5.95 Å². The molecule has 2 N–H and O–H groups in total. The van der Waals surface area contributed by atoms with Gasteiger partial charge in [-0.2, -0.15) is 4.98 Å². The van der Waals surface area contributed by atoms with Gasteiger partial charge in [0.25, 0.3) is 0 Å². The van der Waals surface area contributed by atoms with Crippen LogP contribution in [0.1, 0.15) is 0 Å². The first-order chi connectivity index (χ1) is 13.7. The van der Waals surface area contributed by atoms with Gasteiger partial charge < -0.3 is 20.4 Å². The lowest BCUT2D eigenvalue weighted by atomic mass is 10.2. The molecule has 1 aromatic heterocycles. The number of piperazine rings is 1. The molecule has 0 aliphatic carbocycles. The molecule has 1 fully saturated rings. The van der Waals surface area contributed by atoms with E-state index in [0.29, 0.717) is 16.8 Å². The summed E-state index contributed by atoms with van der Waals surface area (Å²) in [5.74, 6) is 1.02. The Labute approximate surface area is 170 Å². The minimum absolute atomic E-state index is 0.452. The Kier molecular flexibility index (Phi) is 5.60. The Morgan fingerprint density at radius 2 is 1.79 bits per heavy atom. The average Bonchev–Trinajstić information content (AvgIpc) is 2.73. The second-order valence-electron chi connectivity index (χ2n) is 6.75. The molecule has 0 amide bonds. The number of halogens is 1. The number of hydrogen-bond acceptors (Lipinski definition) is 6. The molecule has 3 aromatic rings. The molecule has 28 heavy (non-hydrogen) atoms. The predicted molar refractivity (Wildman–Crippen MR) is 115 cm³/mol. The summed E-state index contributed by atoms with van der Waals surface area (Å²) in [7, 11) is 2.16. The van der Waals surface area contributed by atoms with E-state index in [1.54, 1.807) is 6.20 Å². The lowest BCUT2D eigenvalue weighted by Crippen LogP contribution is -2.44. The maximum absolute atomic E-state index is 6.23. The van der Waals surface area contributed by atoms with Gasteiger partial charge in [-0.1, -0.05) is 29.8 Å². The van der Waals surface area contributed by atoms with Crippen molar-refractivity contribution in [3.05, 3.63) is 65.8 Å². The number of hydrogen-bond donors (Lipinski definition) is 2. The van der Waals surface area contributed by atoms with Crippen LogP contribution < -0.4 is 15.5 Å². The fraction of sp³-hybridized carbons (Fsp3) is 0.238. The summed E-state index contributed by atoms with van der Waals surface area (Å²) < 4.78 is 0. The van der Waals surface area contributed by atoms with E-state index in [0.717, 1.165) is 37.6 Å². The zero-order chi connectivity index (χ0) is 19.3. The van der Waals surface area contributed by atoms with Crippen molar-refractivity contribution in [2.75, 3.05) is 48.8 Å². The minimum atomic E-state index is 0.452. The quantitative estimate of drug-likeness (QED) is 0.678. The average molecular weight is 394 g/mol. The molecule has 0 atom stereocenters. The third-order valence-electron chi connectivity index (χ3n) is 4.70. The zero-order valence-corrected chi connectivity index (χ0v) is 16.4. The van der Waals surface area contributed by atoms with Gasteiger partial charge in [-0.25, -0.2) is 4.98 Å². The number of benzene rings is 2. The molecule has 1 saturated heterocycles. The van der Waals surface area contributed by atoms with Crippen molar-refractivity contribution in [2.45, 2.75) is 0 Å².